The largest absolute Gasteiger partial charge is 0.508 e. The number of thiol groups is 1. The number of aromatic amines is 1. The second kappa shape index (κ2) is 9.38. The standard InChI is InChI=1S/C24H20N5O6PS2/c30-13-6-8-14(9-7-13)38-24-26-17-20(29(24)22-18(31)19-16(34-22)11-33-36(37)35-19)27-23-25-15(10-28(23)21(17)32)12-4-2-1-3-5-12/h1-10,16,18-19,22,30-31,37H,11H2,(H,25,27)/t16?,18?,19-,22-,36-/m1/s1. The van der Waals surface area contributed by atoms with Crippen molar-refractivity contribution in [3.05, 3.63) is 71.1 Å². The van der Waals surface area contributed by atoms with Crippen molar-refractivity contribution < 1.29 is 24.0 Å². The van der Waals surface area contributed by atoms with Crippen LogP contribution in [0.4, 0.5) is 0 Å². The van der Waals surface area contributed by atoms with E-state index in [4.69, 9.17) is 18.8 Å². The van der Waals surface area contributed by atoms with Gasteiger partial charge in [-0.15, -0.1) is 0 Å². The Morgan fingerprint density at radius 3 is 2.71 bits per heavy atom. The lowest BCUT2D eigenvalue weighted by Gasteiger charge is -2.28. The smallest absolute Gasteiger partial charge is 0.287 e. The van der Waals surface area contributed by atoms with Crippen LogP contribution < -0.4 is 5.56 Å². The topological polar surface area (TPSA) is 136 Å². The number of phenols is 1. The van der Waals surface area contributed by atoms with Crippen LogP contribution in [0.5, 0.6) is 5.75 Å². The number of aliphatic hydroxyl groups excluding tert-OH is 1. The van der Waals surface area contributed by atoms with Crippen LogP contribution in [0.25, 0.3) is 28.2 Å². The van der Waals surface area contributed by atoms with E-state index in [0.29, 0.717) is 10.9 Å². The monoisotopic (exact) mass is 569 g/mol. The molecular formula is C24H20N5O6PS2. The third kappa shape index (κ3) is 4.02. The molecule has 7 rings (SSSR count). The molecule has 2 saturated heterocycles. The van der Waals surface area contributed by atoms with Crippen LogP contribution in [0.2, 0.25) is 0 Å². The van der Waals surface area contributed by atoms with Crippen LogP contribution in [0.1, 0.15) is 6.23 Å². The van der Waals surface area contributed by atoms with E-state index in [1.165, 1.54) is 16.2 Å². The fraction of sp³-hybridized carbons (Fsp3) is 0.208. The average Bonchev–Trinajstić information content (AvgIpc) is 3.60. The average molecular weight is 570 g/mol. The molecule has 5 heterocycles. The van der Waals surface area contributed by atoms with Crippen LogP contribution in [-0.4, -0.2) is 59.1 Å². The minimum Gasteiger partial charge on any atom is -0.508 e. The van der Waals surface area contributed by atoms with Crippen LogP contribution in [-0.2, 0) is 13.8 Å². The van der Waals surface area contributed by atoms with Crippen molar-refractivity contribution in [2.45, 2.75) is 34.6 Å². The maximum Gasteiger partial charge on any atom is 0.287 e. The second-order valence-electron chi connectivity index (χ2n) is 8.84. The van der Waals surface area contributed by atoms with E-state index in [2.05, 4.69) is 22.2 Å². The summed E-state index contributed by atoms with van der Waals surface area (Å²) in [6, 6.07) is 16.2. The molecule has 2 fully saturated rings. The summed E-state index contributed by atoms with van der Waals surface area (Å²) in [5, 5.41) is 21.3. The Hall–Kier alpha value is -2.90. The highest BCUT2D eigenvalue weighted by atomic mass is 32.7. The van der Waals surface area contributed by atoms with Crippen molar-refractivity contribution in [2.75, 3.05) is 6.61 Å². The predicted molar refractivity (Wildman–Crippen MR) is 143 cm³/mol. The van der Waals surface area contributed by atoms with Crippen molar-refractivity contribution in [1.29, 1.82) is 0 Å². The van der Waals surface area contributed by atoms with Crippen molar-refractivity contribution in [3.63, 3.8) is 0 Å². The SMILES string of the molecule is O=c1c2nc(Sc3ccc(O)cc3)n([C@@H]3OC4CO[P@@](S)O[C@H]4C3O)c2nc2[nH]c(-c3ccccc3)cn12. The number of nitrogens with one attached hydrogen (secondary N) is 1. The molecule has 3 aromatic heterocycles. The molecule has 14 heteroatoms. The molecule has 0 spiro atoms. The number of phenolic OH excluding ortho intramolecular Hbond substituents is 1. The minimum absolute atomic E-state index is 0.127. The van der Waals surface area contributed by atoms with Crippen molar-refractivity contribution in [2.24, 2.45) is 0 Å². The van der Waals surface area contributed by atoms with Gasteiger partial charge in [0.05, 0.1) is 12.3 Å². The molecule has 5 aromatic rings. The van der Waals surface area contributed by atoms with Gasteiger partial charge in [0.2, 0.25) is 13.4 Å². The van der Waals surface area contributed by atoms with Gasteiger partial charge in [-0.3, -0.25) is 9.36 Å². The van der Waals surface area contributed by atoms with Gasteiger partial charge < -0.3 is 29.0 Å². The third-order valence-electron chi connectivity index (χ3n) is 6.48. The van der Waals surface area contributed by atoms with Crippen LogP contribution in [0, 0.1) is 0 Å². The molecule has 2 aromatic carbocycles. The summed E-state index contributed by atoms with van der Waals surface area (Å²) in [5.41, 5.74) is 1.65. The number of H-pyrrole nitrogens is 1. The zero-order chi connectivity index (χ0) is 26.0. The lowest BCUT2D eigenvalue weighted by atomic mass is 10.1. The maximum absolute atomic E-state index is 13.6. The molecule has 2 aliphatic rings. The number of hydrogen-bond acceptors (Lipinski definition) is 10. The summed E-state index contributed by atoms with van der Waals surface area (Å²) in [7, 11) is -1.43. The lowest BCUT2D eigenvalue weighted by Crippen LogP contribution is -2.37. The van der Waals surface area contributed by atoms with E-state index in [1.54, 1.807) is 35.0 Å². The molecule has 11 nitrogen and oxygen atoms in total. The van der Waals surface area contributed by atoms with E-state index < -0.39 is 32.1 Å². The first-order valence-corrected chi connectivity index (χ1v) is 14.8. The van der Waals surface area contributed by atoms with Gasteiger partial charge in [-0.05, 0) is 29.8 Å². The van der Waals surface area contributed by atoms with Gasteiger partial charge in [0.1, 0.15) is 24.1 Å². The quantitative estimate of drug-likeness (QED) is 0.189. The molecule has 2 unspecified atom stereocenters. The molecule has 3 N–H and O–H groups in total. The number of ether oxygens (including phenoxy) is 1. The van der Waals surface area contributed by atoms with Gasteiger partial charge in [-0.25, -0.2) is 9.38 Å². The van der Waals surface area contributed by atoms with E-state index >= 15 is 0 Å². The molecule has 0 saturated carbocycles. The number of fused-ring (bicyclic) bond motifs is 3. The van der Waals surface area contributed by atoms with Gasteiger partial charge in [0, 0.05) is 11.1 Å². The Morgan fingerprint density at radius 1 is 1.13 bits per heavy atom. The second-order valence-corrected chi connectivity index (χ2v) is 11.8. The molecule has 2 aliphatic heterocycles. The molecule has 194 valence electrons. The Balaban J connectivity index is 1.40. The van der Waals surface area contributed by atoms with Crippen LogP contribution >= 0.6 is 31.6 Å². The highest BCUT2D eigenvalue weighted by Crippen LogP contribution is 2.52. The van der Waals surface area contributed by atoms with Crippen LogP contribution in [0.3, 0.4) is 0 Å². The van der Waals surface area contributed by atoms with E-state index in [-0.39, 0.29) is 29.1 Å². The van der Waals surface area contributed by atoms with Gasteiger partial charge >= 0.3 is 0 Å². The zero-order valence-corrected chi connectivity index (χ0v) is 22.0. The van der Waals surface area contributed by atoms with Gasteiger partial charge in [-0.2, -0.15) is 4.98 Å². The number of aliphatic hydroxyl groups is 1. The summed E-state index contributed by atoms with van der Waals surface area (Å²) >= 11 is 5.54. The maximum atomic E-state index is 13.6. The molecule has 0 bridgehead atoms. The Bertz CT molecular complexity index is 1710. The zero-order valence-electron chi connectivity index (χ0n) is 19.4. The van der Waals surface area contributed by atoms with Gasteiger partial charge in [0.15, 0.2) is 22.5 Å². The Labute approximate surface area is 225 Å². The Kier molecular flexibility index (Phi) is 5.97. The van der Waals surface area contributed by atoms with Crippen molar-refractivity contribution >= 4 is 48.5 Å². The molecular weight excluding hydrogens is 549 g/mol. The number of hydrogen-bond donors (Lipinski definition) is 4. The highest BCUT2D eigenvalue weighted by molar-refractivity contribution is 8.41. The minimum atomic E-state index is -1.43. The first kappa shape index (κ1) is 24.2. The van der Waals surface area contributed by atoms with E-state index in [0.717, 1.165) is 16.2 Å². The summed E-state index contributed by atoms with van der Waals surface area (Å²) in [4.78, 5) is 27.0. The lowest BCUT2D eigenvalue weighted by molar-refractivity contribution is -0.0558. The normalized spacial score (nSPS) is 25.3. The molecule has 0 radical (unpaired) electrons. The first-order chi connectivity index (χ1) is 18.5. The van der Waals surface area contributed by atoms with Gasteiger partial charge in [0.25, 0.3) is 5.56 Å². The number of imidazole rings is 2. The first-order valence-electron chi connectivity index (χ1n) is 11.6. The fourth-order valence-electron chi connectivity index (χ4n) is 4.66. The third-order valence-corrected chi connectivity index (χ3v) is 8.88. The van der Waals surface area contributed by atoms with E-state index in [1.807, 2.05) is 30.3 Å². The fourth-order valence-corrected chi connectivity index (χ4v) is 6.90. The molecule has 0 aliphatic carbocycles. The molecule has 0 amide bonds. The van der Waals surface area contributed by atoms with Gasteiger partial charge in [-0.1, -0.05) is 54.3 Å². The summed E-state index contributed by atoms with van der Waals surface area (Å²) in [6.07, 6.45) is -1.50. The molecule has 38 heavy (non-hydrogen) atoms. The summed E-state index contributed by atoms with van der Waals surface area (Å²) in [5.74, 6) is 0.456. The number of aromatic nitrogens is 5. The molecule has 5 atom stereocenters. The Morgan fingerprint density at radius 2 is 1.92 bits per heavy atom. The predicted octanol–water partition coefficient (Wildman–Crippen LogP) is 3.73. The number of rotatable bonds is 4. The van der Waals surface area contributed by atoms with Crippen LogP contribution in [0.15, 0.2) is 75.6 Å². The summed E-state index contributed by atoms with van der Waals surface area (Å²) < 4.78 is 20.5. The number of benzene rings is 2. The van der Waals surface area contributed by atoms with E-state index in [9.17, 15) is 15.0 Å². The number of nitrogens with zero attached hydrogens (tertiary/aromatic N) is 4. The van der Waals surface area contributed by atoms with Crippen molar-refractivity contribution in [3.8, 4) is 17.0 Å². The summed E-state index contributed by atoms with van der Waals surface area (Å²) in [6.45, 7) is 0.220. The number of aromatic hydroxyl groups is 1. The van der Waals surface area contributed by atoms with Crippen molar-refractivity contribution in [1.82, 2.24) is 23.9 Å². The highest BCUT2D eigenvalue weighted by Gasteiger charge is 2.50.